The van der Waals surface area contributed by atoms with E-state index in [2.05, 4.69) is 10.1 Å². The second kappa shape index (κ2) is 6.78. The number of carbonyl (C=O) groups is 1. The lowest BCUT2D eigenvalue weighted by Crippen LogP contribution is -2.25. The van der Waals surface area contributed by atoms with Gasteiger partial charge in [-0.25, -0.2) is 4.79 Å². The Bertz CT molecular complexity index is 843. The van der Waals surface area contributed by atoms with Gasteiger partial charge in [-0.15, -0.1) is 0 Å². The molecule has 1 aliphatic heterocycles. The summed E-state index contributed by atoms with van der Waals surface area (Å²) in [5, 5.41) is 22.4. The van der Waals surface area contributed by atoms with Crippen LogP contribution in [0, 0.1) is 0 Å². The predicted molar refractivity (Wildman–Crippen MR) is 93.9 cm³/mol. The molecule has 1 aromatic heterocycles. The van der Waals surface area contributed by atoms with E-state index < -0.39 is 12.1 Å². The maximum atomic E-state index is 10.8. The Hall–Kier alpha value is -3.13. The Morgan fingerprint density at radius 2 is 2.24 bits per heavy atom. The molecule has 0 bridgehead atoms. The number of allylic oxidation sites excluding steroid dienone is 1. The molecule has 1 aromatic carbocycles. The van der Waals surface area contributed by atoms with Gasteiger partial charge in [-0.05, 0) is 17.7 Å². The van der Waals surface area contributed by atoms with Crippen molar-refractivity contribution in [2.24, 2.45) is 4.99 Å². The summed E-state index contributed by atoms with van der Waals surface area (Å²) in [5.41, 5.74) is 9.31. The van der Waals surface area contributed by atoms with Gasteiger partial charge in [0, 0.05) is 42.5 Å². The molecule has 2 aromatic rings. The smallest absolute Gasteiger partial charge is 0.334 e. The summed E-state index contributed by atoms with van der Waals surface area (Å²) in [6.45, 7) is -0.128. The third-order valence-corrected chi connectivity index (χ3v) is 4.01. The molecule has 1 aliphatic rings. The number of nitrogen functional groups attached to an aromatic ring is 1. The molecule has 2 atom stereocenters. The molecule has 8 heteroatoms. The Kier molecular flexibility index (Phi) is 4.53. The maximum Gasteiger partial charge on any atom is 0.334 e. The average Bonchev–Trinajstić information content (AvgIpc) is 3.04. The summed E-state index contributed by atoms with van der Waals surface area (Å²) in [7, 11) is 1.92. The Morgan fingerprint density at radius 1 is 1.44 bits per heavy atom. The molecule has 25 heavy (non-hydrogen) atoms. The van der Waals surface area contributed by atoms with Gasteiger partial charge >= 0.3 is 5.97 Å². The molecule has 8 nitrogen and oxygen atoms in total. The zero-order valence-electron chi connectivity index (χ0n) is 13.6. The molecule has 130 valence electrons. The monoisotopic (exact) mass is 341 g/mol. The van der Waals surface area contributed by atoms with Gasteiger partial charge < -0.3 is 20.8 Å². The zero-order valence-corrected chi connectivity index (χ0v) is 13.6. The van der Waals surface area contributed by atoms with E-state index in [-0.39, 0.29) is 12.7 Å². The second-order valence-electron chi connectivity index (χ2n) is 5.79. The third kappa shape index (κ3) is 3.38. The molecule has 0 saturated heterocycles. The van der Waals surface area contributed by atoms with Crippen molar-refractivity contribution in [2.45, 2.75) is 18.8 Å². The van der Waals surface area contributed by atoms with Crippen molar-refractivity contribution in [3.05, 3.63) is 48.4 Å². The number of aliphatic carboxylic acids is 1. The minimum atomic E-state index is -1.51. The number of nitrogens with zero attached hydrogens (tertiary/aromatic N) is 4. The van der Waals surface area contributed by atoms with Crippen LogP contribution in [0.15, 0.2) is 47.9 Å². The molecule has 2 heterocycles. The second-order valence-corrected chi connectivity index (χ2v) is 5.79. The standard InChI is InChI=1S/C17H19N5O3/c1-21-7-3-6-19-16(21)15-12(4-2-5-13(15)18)11-8-20-22(9-11)10-14(23)17(24)25/h2-9,14,16,23H,10,18H2,1H3,(H,24,25)/t14-,16?/m1/s1. The van der Waals surface area contributed by atoms with Crippen LogP contribution in [0.1, 0.15) is 11.7 Å². The fraction of sp³-hybridized carbons (Fsp3) is 0.235. The van der Waals surface area contributed by atoms with E-state index in [0.29, 0.717) is 5.69 Å². The van der Waals surface area contributed by atoms with Crippen LogP contribution in [0.2, 0.25) is 0 Å². The molecule has 0 aliphatic carbocycles. The number of carboxylic acid groups (broad SMARTS) is 1. The van der Waals surface area contributed by atoms with Crippen molar-refractivity contribution in [3.8, 4) is 11.1 Å². The fourth-order valence-electron chi connectivity index (χ4n) is 2.75. The van der Waals surface area contributed by atoms with Gasteiger partial charge in [0.15, 0.2) is 6.10 Å². The van der Waals surface area contributed by atoms with Gasteiger partial charge in [-0.3, -0.25) is 9.67 Å². The van der Waals surface area contributed by atoms with E-state index in [1.165, 1.54) is 4.68 Å². The van der Waals surface area contributed by atoms with Crippen LogP contribution in [0.3, 0.4) is 0 Å². The van der Waals surface area contributed by atoms with Crippen molar-refractivity contribution in [1.29, 1.82) is 0 Å². The van der Waals surface area contributed by atoms with Gasteiger partial charge in [0.25, 0.3) is 0 Å². The highest BCUT2D eigenvalue weighted by atomic mass is 16.4. The summed E-state index contributed by atoms with van der Waals surface area (Å²) < 4.78 is 1.40. The highest BCUT2D eigenvalue weighted by Crippen LogP contribution is 2.36. The number of carboxylic acids is 1. The summed E-state index contributed by atoms with van der Waals surface area (Å²) >= 11 is 0. The number of hydrogen-bond donors (Lipinski definition) is 3. The molecular formula is C17H19N5O3. The van der Waals surface area contributed by atoms with Crippen LogP contribution in [0.4, 0.5) is 5.69 Å². The minimum Gasteiger partial charge on any atom is -0.479 e. The van der Waals surface area contributed by atoms with Crippen molar-refractivity contribution < 1.29 is 15.0 Å². The number of aliphatic hydroxyl groups is 1. The SMILES string of the molecule is CN1C=CC=NC1c1c(N)cccc1-c1cnn(C[C@@H](O)C(=O)O)c1. The molecule has 0 fully saturated rings. The van der Waals surface area contributed by atoms with Crippen LogP contribution in [-0.4, -0.2) is 50.2 Å². The number of benzene rings is 1. The Balaban J connectivity index is 1.97. The number of rotatable bonds is 5. The van der Waals surface area contributed by atoms with Crippen molar-refractivity contribution in [1.82, 2.24) is 14.7 Å². The van der Waals surface area contributed by atoms with Gasteiger partial charge in [0.05, 0.1) is 12.7 Å². The van der Waals surface area contributed by atoms with Crippen LogP contribution in [0.5, 0.6) is 0 Å². The molecule has 0 radical (unpaired) electrons. The molecule has 4 N–H and O–H groups in total. The normalized spacial score (nSPS) is 17.7. The van der Waals surface area contributed by atoms with Crippen molar-refractivity contribution >= 4 is 17.9 Å². The first-order valence-corrected chi connectivity index (χ1v) is 7.71. The molecule has 0 saturated carbocycles. The van der Waals surface area contributed by atoms with Gasteiger partial charge in [0.2, 0.25) is 0 Å². The van der Waals surface area contributed by atoms with E-state index >= 15 is 0 Å². The Labute approximate surface area is 144 Å². The van der Waals surface area contributed by atoms with E-state index in [1.54, 1.807) is 18.6 Å². The molecule has 1 unspecified atom stereocenters. The van der Waals surface area contributed by atoms with Crippen LogP contribution in [0.25, 0.3) is 11.1 Å². The molecule has 3 rings (SSSR count). The predicted octanol–water partition coefficient (Wildman–Crippen LogP) is 1.11. The average molecular weight is 341 g/mol. The number of aromatic nitrogens is 2. The molecule has 0 spiro atoms. The lowest BCUT2D eigenvalue weighted by molar-refractivity contribution is -0.147. The maximum absolute atomic E-state index is 10.8. The van der Waals surface area contributed by atoms with Crippen LogP contribution in [-0.2, 0) is 11.3 Å². The summed E-state index contributed by atoms with van der Waals surface area (Å²) in [5.74, 6) is -1.29. The van der Waals surface area contributed by atoms with Crippen molar-refractivity contribution in [2.75, 3.05) is 12.8 Å². The summed E-state index contributed by atoms with van der Waals surface area (Å²) in [6.07, 6.45) is 7.04. The fourth-order valence-corrected chi connectivity index (χ4v) is 2.75. The lowest BCUT2D eigenvalue weighted by Gasteiger charge is -2.28. The van der Waals surface area contributed by atoms with E-state index in [9.17, 15) is 9.90 Å². The number of aliphatic hydroxyl groups excluding tert-OH is 1. The summed E-state index contributed by atoms with van der Waals surface area (Å²) in [6, 6.07) is 5.58. The molecular weight excluding hydrogens is 322 g/mol. The van der Waals surface area contributed by atoms with Crippen LogP contribution >= 0.6 is 0 Å². The third-order valence-electron chi connectivity index (χ3n) is 4.01. The van der Waals surface area contributed by atoms with Gasteiger partial charge in [-0.2, -0.15) is 5.10 Å². The topological polar surface area (TPSA) is 117 Å². The lowest BCUT2D eigenvalue weighted by atomic mass is 9.97. The van der Waals surface area contributed by atoms with E-state index in [1.807, 2.05) is 42.4 Å². The van der Waals surface area contributed by atoms with Gasteiger partial charge in [-0.1, -0.05) is 12.1 Å². The van der Waals surface area contributed by atoms with E-state index in [4.69, 9.17) is 10.8 Å². The quantitative estimate of drug-likeness (QED) is 0.701. The largest absolute Gasteiger partial charge is 0.479 e. The minimum absolute atomic E-state index is 0.128. The highest BCUT2D eigenvalue weighted by Gasteiger charge is 2.22. The first-order chi connectivity index (χ1) is 12.0. The van der Waals surface area contributed by atoms with E-state index in [0.717, 1.165) is 16.7 Å². The number of aliphatic imine (C=N–C) groups is 1. The number of hydrogen-bond acceptors (Lipinski definition) is 6. The zero-order chi connectivity index (χ0) is 18.0. The summed E-state index contributed by atoms with van der Waals surface area (Å²) in [4.78, 5) is 17.2. The van der Waals surface area contributed by atoms with Crippen LogP contribution < -0.4 is 5.73 Å². The first-order valence-electron chi connectivity index (χ1n) is 7.71. The first kappa shape index (κ1) is 16.7. The number of nitrogens with two attached hydrogens (primary N) is 1. The highest BCUT2D eigenvalue weighted by molar-refractivity contribution is 5.76. The molecule has 0 amide bonds. The van der Waals surface area contributed by atoms with Gasteiger partial charge in [0.1, 0.15) is 6.17 Å². The Morgan fingerprint density at radius 3 is 2.96 bits per heavy atom. The van der Waals surface area contributed by atoms with Crippen molar-refractivity contribution in [3.63, 3.8) is 0 Å². The number of anilines is 1.